The number of aromatic hydroxyl groups is 1. The fourth-order valence-electron chi connectivity index (χ4n) is 4.02. The first-order valence-electron chi connectivity index (χ1n) is 9.82. The largest absolute Gasteiger partial charge is 0.506 e. The minimum absolute atomic E-state index is 0.0134. The molecule has 2 heterocycles. The first-order chi connectivity index (χ1) is 13.6. The Morgan fingerprint density at radius 3 is 2.57 bits per heavy atom. The van der Waals surface area contributed by atoms with E-state index < -0.39 is 0 Å². The van der Waals surface area contributed by atoms with Crippen molar-refractivity contribution in [2.75, 3.05) is 42.9 Å². The third kappa shape index (κ3) is 3.87. The van der Waals surface area contributed by atoms with Crippen molar-refractivity contribution in [1.29, 1.82) is 0 Å². The van der Waals surface area contributed by atoms with E-state index in [1.54, 1.807) is 6.07 Å². The number of amides is 1. The van der Waals surface area contributed by atoms with Gasteiger partial charge in [-0.25, -0.2) is 0 Å². The molecule has 2 aromatic rings. The van der Waals surface area contributed by atoms with Crippen molar-refractivity contribution in [2.45, 2.75) is 19.3 Å². The molecule has 0 bridgehead atoms. The number of ketones is 1. The average molecular weight is 379 g/mol. The molecule has 4 rings (SSSR count). The number of rotatable bonds is 5. The van der Waals surface area contributed by atoms with E-state index in [0.29, 0.717) is 25.0 Å². The number of para-hydroxylation sites is 2. The Kier molecular flexibility index (Phi) is 5.30. The van der Waals surface area contributed by atoms with Crippen molar-refractivity contribution in [1.82, 2.24) is 4.90 Å². The van der Waals surface area contributed by atoms with E-state index in [4.69, 9.17) is 0 Å². The number of carbonyl (C=O) groups excluding carboxylic acids is 2. The van der Waals surface area contributed by atoms with Crippen LogP contribution in [0.5, 0.6) is 5.75 Å². The lowest BCUT2D eigenvalue weighted by molar-refractivity contribution is -0.116. The van der Waals surface area contributed by atoms with E-state index in [9.17, 15) is 14.7 Å². The fraction of sp³-hybridized carbons (Fsp3) is 0.364. The third-order valence-corrected chi connectivity index (χ3v) is 5.60. The summed E-state index contributed by atoms with van der Waals surface area (Å²) in [5.41, 5.74) is 3.36. The van der Waals surface area contributed by atoms with E-state index in [1.165, 1.54) is 0 Å². The number of carbonyl (C=O) groups is 2. The molecule has 0 aromatic heterocycles. The predicted octanol–water partition coefficient (Wildman–Crippen LogP) is 2.67. The van der Waals surface area contributed by atoms with Gasteiger partial charge >= 0.3 is 0 Å². The molecule has 6 heteroatoms. The summed E-state index contributed by atoms with van der Waals surface area (Å²) >= 11 is 0. The molecule has 6 nitrogen and oxygen atoms in total. The number of anilines is 2. The average Bonchev–Trinajstić information content (AvgIpc) is 2.72. The van der Waals surface area contributed by atoms with Gasteiger partial charge in [0.2, 0.25) is 5.91 Å². The Hall–Kier alpha value is -2.86. The molecule has 28 heavy (non-hydrogen) atoms. The highest BCUT2D eigenvalue weighted by Crippen LogP contribution is 2.28. The smallest absolute Gasteiger partial charge is 0.224 e. The van der Waals surface area contributed by atoms with E-state index >= 15 is 0 Å². The second-order valence-electron chi connectivity index (χ2n) is 7.37. The maximum absolute atomic E-state index is 12.8. The van der Waals surface area contributed by atoms with Gasteiger partial charge in [-0.1, -0.05) is 24.3 Å². The van der Waals surface area contributed by atoms with Gasteiger partial charge in [-0.05, 0) is 30.2 Å². The summed E-state index contributed by atoms with van der Waals surface area (Å²) in [6.45, 7) is 4.12. The molecular weight excluding hydrogens is 354 g/mol. The Morgan fingerprint density at radius 1 is 1.00 bits per heavy atom. The van der Waals surface area contributed by atoms with Gasteiger partial charge in [0, 0.05) is 56.8 Å². The zero-order valence-corrected chi connectivity index (χ0v) is 15.9. The molecule has 0 unspecified atom stereocenters. The van der Waals surface area contributed by atoms with Crippen LogP contribution in [0.4, 0.5) is 11.4 Å². The van der Waals surface area contributed by atoms with E-state index in [0.717, 1.165) is 55.2 Å². The molecular formula is C22H25N3O3. The third-order valence-electron chi connectivity index (χ3n) is 5.60. The predicted molar refractivity (Wildman–Crippen MR) is 109 cm³/mol. The maximum Gasteiger partial charge on any atom is 0.224 e. The number of piperazine rings is 1. The normalized spacial score (nSPS) is 17.1. The van der Waals surface area contributed by atoms with Crippen LogP contribution in [0.3, 0.4) is 0 Å². The van der Waals surface area contributed by atoms with Crippen molar-refractivity contribution in [3.8, 4) is 5.75 Å². The molecule has 1 fully saturated rings. The summed E-state index contributed by atoms with van der Waals surface area (Å²) < 4.78 is 0. The highest BCUT2D eigenvalue weighted by atomic mass is 16.3. The number of phenolic OH excluding ortho intramolecular Hbond substituents is 1. The topological polar surface area (TPSA) is 72.9 Å². The number of hydrogen-bond acceptors (Lipinski definition) is 5. The number of hydrogen-bond donors (Lipinski definition) is 2. The Balaban J connectivity index is 1.33. The van der Waals surface area contributed by atoms with Gasteiger partial charge in [-0.3, -0.25) is 14.5 Å². The number of Topliss-reactive ketones (excluding diaryl/α,β-unsaturated/α-hetero) is 1. The Labute approximate surface area is 164 Å². The van der Waals surface area contributed by atoms with Crippen LogP contribution in [0, 0.1) is 0 Å². The lowest BCUT2D eigenvalue weighted by atomic mass is 9.94. The SMILES string of the molecule is O=C1CCc2c(cccc2C(=O)CCN2CCN(c3ccccc3O)CC2)N1. The van der Waals surface area contributed by atoms with Crippen LogP contribution in [-0.4, -0.2) is 54.4 Å². The van der Waals surface area contributed by atoms with Crippen LogP contribution in [0.25, 0.3) is 0 Å². The zero-order valence-electron chi connectivity index (χ0n) is 15.9. The minimum Gasteiger partial charge on any atom is -0.506 e. The summed E-state index contributed by atoms with van der Waals surface area (Å²) in [5, 5.41) is 12.9. The number of nitrogens with one attached hydrogen (secondary N) is 1. The van der Waals surface area contributed by atoms with Gasteiger partial charge in [-0.2, -0.15) is 0 Å². The first kappa shape index (κ1) is 18.5. The summed E-state index contributed by atoms with van der Waals surface area (Å²) in [5.74, 6) is 0.461. The molecule has 2 aromatic carbocycles. The second-order valence-corrected chi connectivity index (χ2v) is 7.37. The van der Waals surface area contributed by atoms with Gasteiger partial charge in [0.1, 0.15) is 5.75 Å². The van der Waals surface area contributed by atoms with Crippen LogP contribution in [0.15, 0.2) is 42.5 Å². The molecule has 0 radical (unpaired) electrons. The Bertz CT molecular complexity index is 888. The number of fused-ring (bicyclic) bond motifs is 1. The van der Waals surface area contributed by atoms with Crippen molar-refractivity contribution >= 4 is 23.1 Å². The molecule has 0 saturated carbocycles. The summed E-state index contributed by atoms with van der Waals surface area (Å²) in [4.78, 5) is 28.8. The molecule has 2 N–H and O–H groups in total. The quantitative estimate of drug-likeness (QED) is 0.782. The lowest BCUT2D eigenvalue weighted by Gasteiger charge is -2.36. The van der Waals surface area contributed by atoms with Gasteiger partial charge < -0.3 is 15.3 Å². The summed E-state index contributed by atoms with van der Waals surface area (Å²) in [6, 6.07) is 13.0. The van der Waals surface area contributed by atoms with Crippen molar-refractivity contribution in [3.05, 3.63) is 53.6 Å². The van der Waals surface area contributed by atoms with Crippen LogP contribution < -0.4 is 10.2 Å². The van der Waals surface area contributed by atoms with Crippen LogP contribution >= 0.6 is 0 Å². The highest BCUT2D eigenvalue weighted by molar-refractivity contribution is 6.02. The van der Waals surface area contributed by atoms with Gasteiger partial charge in [0.25, 0.3) is 0 Å². The molecule has 0 spiro atoms. The van der Waals surface area contributed by atoms with Crippen LogP contribution in [0.2, 0.25) is 0 Å². The van der Waals surface area contributed by atoms with Crippen LogP contribution in [0.1, 0.15) is 28.8 Å². The lowest BCUT2D eigenvalue weighted by Crippen LogP contribution is -2.47. The van der Waals surface area contributed by atoms with E-state index in [-0.39, 0.29) is 11.7 Å². The number of phenols is 1. The zero-order chi connectivity index (χ0) is 19.5. The second kappa shape index (κ2) is 8.02. The van der Waals surface area contributed by atoms with Crippen LogP contribution in [-0.2, 0) is 11.2 Å². The standard InChI is InChI=1S/C22H25N3O3/c26-20(17-4-3-5-18-16(17)8-9-22(28)23-18)10-11-24-12-14-25(15-13-24)19-6-1-2-7-21(19)27/h1-7,27H,8-15H2,(H,23,28). The molecule has 2 aliphatic heterocycles. The van der Waals surface area contributed by atoms with Gasteiger partial charge in [0.15, 0.2) is 5.78 Å². The number of nitrogens with zero attached hydrogens (tertiary/aromatic N) is 2. The van der Waals surface area contributed by atoms with E-state index in [1.807, 2.05) is 36.4 Å². The molecule has 0 aliphatic carbocycles. The summed E-state index contributed by atoms with van der Waals surface area (Å²) in [6.07, 6.45) is 1.54. The number of benzene rings is 2. The summed E-state index contributed by atoms with van der Waals surface area (Å²) in [7, 11) is 0. The minimum atomic E-state index is 0.0134. The van der Waals surface area contributed by atoms with E-state index in [2.05, 4.69) is 15.1 Å². The van der Waals surface area contributed by atoms with Gasteiger partial charge in [-0.15, -0.1) is 0 Å². The van der Waals surface area contributed by atoms with Gasteiger partial charge in [0.05, 0.1) is 5.69 Å². The molecule has 0 atom stereocenters. The van der Waals surface area contributed by atoms with Crippen molar-refractivity contribution in [3.63, 3.8) is 0 Å². The molecule has 1 amide bonds. The molecule has 2 aliphatic rings. The fourth-order valence-corrected chi connectivity index (χ4v) is 4.02. The Morgan fingerprint density at radius 2 is 1.79 bits per heavy atom. The monoisotopic (exact) mass is 379 g/mol. The van der Waals surface area contributed by atoms with Crippen molar-refractivity contribution in [2.24, 2.45) is 0 Å². The van der Waals surface area contributed by atoms with Crippen molar-refractivity contribution < 1.29 is 14.7 Å². The molecule has 1 saturated heterocycles. The maximum atomic E-state index is 12.8. The first-order valence-corrected chi connectivity index (χ1v) is 9.82. The highest BCUT2D eigenvalue weighted by Gasteiger charge is 2.23. The molecule has 146 valence electrons.